The molecule has 2 aromatic heterocycles. The maximum atomic E-state index is 13.1. The van der Waals surface area contributed by atoms with E-state index in [2.05, 4.69) is 17.0 Å². The molecule has 0 amide bonds. The lowest BCUT2D eigenvalue weighted by Gasteiger charge is -2.15. The third kappa shape index (κ3) is 4.96. The standard InChI is InChI=1S/C26H28N4O4/c1-5-9-24-27-18(2)16-29(24)21-13-12-20(14-22(21)32-3)34-23-15-25(33-4)28-30(26(23)31)17-19-10-7-6-8-11-19/h6-8,10-16H,5,9,17H2,1-4H3. The normalized spacial score (nSPS) is 10.8. The molecule has 4 rings (SSSR count). The van der Waals surface area contributed by atoms with Gasteiger partial charge in [0.05, 0.1) is 38.2 Å². The fraction of sp³-hybridized carbons (Fsp3) is 0.269. The SMILES string of the molecule is CCCc1nc(C)cn1-c1ccc(Oc2cc(OC)nn(Cc3ccccc3)c2=O)cc1OC. The minimum absolute atomic E-state index is 0.114. The van der Waals surface area contributed by atoms with Crippen molar-refractivity contribution in [2.24, 2.45) is 0 Å². The van der Waals surface area contributed by atoms with E-state index in [9.17, 15) is 4.79 Å². The highest BCUT2D eigenvalue weighted by Crippen LogP contribution is 2.31. The Hall–Kier alpha value is -4.07. The maximum absolute atomic E-state index is 13.1. The molecule has 8 nitrogen and oxygen atoms in total. The van der Waals surface area contributed by atoms with E-state index in [1.165, 1.54) is 17.9 Å². The van der Waals surface area contributed by atoms with Crippen LogP contribution in [0.3, 0.4) is 0 Å². The summed E-state index contributed by atoms with van der Waals surface area (Å²) in [4.78, 5) is 17.7. The number of benzene rings is 2. The Morgan fingerprint density at radius 3 is 2.47 bits per heavy atom. The van der Waals surface area contributed by atoms with Crippen LogP contribution >= 0.6 is 0 Å². The van der Waals surface area contributed by atoms with Crippen LogP contribution in [0.5, 0.6) is 23.1 Å². The number of ether oxygens (including phenoxy) is 3. The van der Waals surface area contributed by atoms with Gasteiger partial charge < -0.3 is 14.2 Å². The lowest BCUT2D eigenvalue weighted by atomic mass is 10.2. The molecule has 0 unspecified atom stereocenters. The van der Waals surface area contributed by atoms with Crippen molar-refractivity contribution in [2.75, 3.05) is 14.2 Å². The highest BCUT2D eigenvalue weighted by molar-refractivity contribution is 5.52. The van der Waals surface area contributed by atoms with Gasteiger partial charge in [-0.2, -0.15) is 0 Å². The van der Waals surface area contributed by atoms with Gasteiger partial charge in [-0.15, -0.1) is 5.10 Å². The zero-order valence-corrected chi connectivity index (χ0v) is 19.8. The van der Waals surface area contributed by atoms with Crippen LogP contribution in [0, 0.1) is 6.92 Å². The summed E-state index contributed by atoms with van der Waals surface area (Å²) in [5.74, 6) is 2.44. The molecular formula is C26H28N4O4. The third-order valence-corrected chi connectivity index (χ3v) is 5.31. The Balaban J connectivity index is 1.68. The second-order valence-electron chi connectivity index (χ2n) is 7.85. The zero-order valence-electron chi connectivity index (χ0n) is 19.8. The summed E-state index contributed by atoms with van der Waals surface area (Å²) in [6, 6.07) is 16.6. The van der Waals surface area contributed by atoms with Gasteiger partial charge in [0.1, 0.15) is 17.3 Å². The van der Waals surface area contributed by atoms with Crippen LogP contribution in [-0.4, -0.2) is 33.6 Å². The second kappa shape index (κ2) is 10.2. The molecule has 0 radical (unpaired) electrons. The highest BCUT2D eigenvalue weighted by Gasteiger charge is 2.16. The first-order chi connectivity index (χ1) is 16.5. The predicted molar refractivity (Wildman–Crippen MR) is 130 cm³/mol. The van der Waals surface area contributed by atoms with E-state index in [1.807, 2.05) is 54.1 Å². The monoisotopic (exact) mass is 460 g/mol. The minimum Gasteiger partial charge on any atom is -0.494 e. The number of aryl methyl sites for hydroxylation is 2. The maximum Gasteiger partial charge on any atom is 0.310 e. The fourth-order valence-electron chi connectivity index (χ4n) is 3.73. The molecule has 8 heteroatoms. The van der Waals surface area contributed by atoms with Crippen molar-refractivity contribution in [1.82, 2.24) is 19.3 Å². The molecule has 2 heterocycles. The van der Waals surface area contributed by atoms with Crippen molar-refractivity contribution in [3.05, 3.63) is 88.2 Å². The van der Waals surface area contributed by atoms with Crippen LogP contribution in [0.15, 0.2) is 65.6 Å². The number of hydrogen-bond acceptors (Lipinski definition) is 6. The molecule has 0 atom stereocenters. The number of rotatable bonds is 9. The molecule has 2 aromatic carbocycles. The topological polar surface area (TPSA) is 80.4 Å². The van der Waals surface area contributed by atoms with Crippen LogP contribution in [0.4, 0.5) is 0 Å². The Morgan fingerprint density at radius 1 is 0.971 bits per heavy atom. The third-order valence-electron chi connectivity index (χ3n) is 5.31. The van der Waals surface area contributed by atoms with E-state index in [-0.39, 0.29) is 17.2 Å². The largest absolute Gasteiger partial charge is 0.494 e. The first-order valence-corrected chi connectivity index (χ1v) is 11.1. The van der Waals surface area contributed by atoms with Crippen LogP contribution < -0.4 is 19.8 Å². The Kier molecular flexibility index (Phi) is 6.96. The fourth-order valence-corrected chi connectivity index (χ4v) is 3.73. The summed E-state index contributed by atoms with van der Waals surface area (Å²) >= 11 is 0. The summed E-state index contributed by atoms with van der Waals surface area (Å²) in [6.45, 7) is 4.39. The number of hydrogen-bond donors (Lipinski definition) is 0. The van der Waals surface area contributed by atoms with Crippen molar-refractivity contribution in [3.63, 3.8) is 0 Å². The smallest absolute Gasteiger partial charge is 0.310 e. The number of imidazole rings is 1. The summed E-state index contributed by atoms with van der Waals surface area (Å²) < 4.78 is 20.3. The first kappa shape index (κ1) is 23.1. The van der Waals surface area contributed by atoms with Crippen molar-refractivity contribution in [3.8, 4) is 28.8 Å². The van der Waals surface area contributed by atoms with Gasteiger partial charge in [0.25, 0.3) is 0 Å². The van der Waals surface area contributed by atoms with Crippen LogP contribution in [-0.2, 0) is 13.0 Å². The van der Waals surface area contributed by atoms with Gasteiger partial charge >= 0.3 is 5.56 Å². The van der Waals surface area contributed by atoms with Crippen LogP contribution in [0.1, 0.15) is 30.4 Å². The molecule has 0 fully saturated rings. The average Bonchev–Trinajstić information content (AvgIpc) is 3.22. The molecule has 34 heavy (non-hydrogen) atoms. The van der Waals surface area contributed by atoms with Gasteiger partial charge in [0, 0.05) is 18.7 Å². The quantitative estimate of drug-likeness (QED) is 0.365. The Labute approximate surface area is 198 Å². The van der Waals surface area contributed by atoms with E-state index in [0.717, 1.165) is 35.6 Å². The molecule has 0 saturated heterocycles. The van der Waals surface area contributed by atoms with E-state index in [1.54, 1.807) is 19.2 Å². The number of methoxy groups -OCH3 is 2. The van der Waals surface area contributed by atoms with E-state index >= 15 is 0 Å². The van der Waals surface area contributed by atoms with Gasteiger partial charge in [-0.3, -0.25) is 9.36 Å². The first-order valence-electron chi connectivity index (χ1n) is 11.1. The lowest BCUT2D eigenvalue weighted by Crippen LogP contribution is -2.24. The molecule has 0 aliphatic carbocycles. The van der Waals surface area contributed by atoms with Gasteiger partial charge in [-0.1, -0.05) is 37.3 Å². The molecule has 0 N–H and O–H groups in total. The van der Waals surface area contributed by atoms with Gasteiger partial charge in [-0.05, 0) is 31.0 Å². The van der Waals surface area contributed by atoms with Crippen molar-refractivity contribution in [1.29, 1.82) is 0 Å². The Bertz CT molecular complexity index is 1330. The number of nitrogens with zero attached hydrogens (tertiary/aromatic N) is 4. The molecule has 0 aliphatic heterocycles. The molecule has 0 spiro atoms. The van der Waals surface area contributed by atoms with Gasteiger partial charge in [0.15, 0.2) is 5.75 Å². The van der Waals surface area contributed by atoms with E-state index < -0.39 is 0 Å². The molecule has 0 aliphatic rings. The Morgan fingerprint density at radius 2 is 1.76 bits per heavy atom. The number of aromatic nitrogens is 4. The zero-order chi connectivity index (χ0) is 24.1. The lowest BCUT2D eigenvalue weighted by molar-refractivity contribution is 0.367. The van der Waals surface area contributed by atoms with Crippen LogP contribution in [0.25, 0.3) is 5.69 Å². The molecule has 4 aromatic rings. The molecule has 0 bridgehead atoms. The van der Waals surface area contributed by atoms with Crippen molar-refractivity contribution >= 4 is 0 Å². The second-order valence-corrected chi connectivity index (χ2v) is 7.85. The van der Waals surface area contributed by atoms with Crippen LogP contribution in [0.2, 0.25) is 0 Å². The highest BCUT2D eigenvalue weighted by atomic mass is 16.5. The predicted octanol–water partition coefficient (Wildman–Crippen LogP) is 4.55. The van der Waals surface area contributed by atoms with Crippen molar-refractivity contribution < 1.29 is 14.2 Å². The van der Waals surface area contributed by atoms with Gasteiger partial charge in [-0.25, -0.2) is 9.67 Å². The summed E-state index contributed by atoms with van der Waals surface area (Å²) in [7, 11) is 3.11. The molecule has 176 valence electrons. The van der Waals surface area contributed by atoms with E-state index in [0.29, 0.717) is 18.0 Å². The van der Waals surface area contributed by atoms with Crippen molar-refractivity contribution in [2.45, 2.75) is 33.2 Å². The van der Waals surface area contributed by atoms with Gasteiger partial charge in [0.2, 0.25) is 5.88 Å². The summed E-state index contributed by atoms with van der Waals surface area (Å²) in [6.07, 6.45) is 3.82. The summed E-state index contributed by atoms with van der Waals surface area (Å²) in [5, 5.41) is 4.27. The molecule has 0 saturated carbocycles. The summed E-state index contributed by atoms with van der Waals surface area (Å²) in [5.41, 5.74) is 2.38. The average molecular weight is 461 g/mol. The molecular weight excluding hydrogens is 432 g/mol. The minimum atomic E-state index is -0.358. The van der Waals surface area contributed by atoms with E-state index in [4.69, 9.17) is 14.2 Å².